The van der Waals surface area contributed by atoms with Crippen molar-refractivity contribution in [2.45, 2.75) is 98.3 Å². The maximum Gasteiger partial charge on any atom is 0.227 e. The Hall–Kier alpha value is -1.10. The van der Waals surface area contributed by atoms with Crippen molar-refractivity contribution < 1.29 is 9.59 Å². The smallest absolute Gasteiger partial charge is 0.227 e. The molecule has 2 aliphatic carbocycles. The number of piperidine rings is 1. The predicted octanol–water partition coefficient (Wildman–Crippen LogP) is 5.19. The molecule has 34 heavy (non-hydrogen) atoms. The summed E-state index contributed by atoms with van der Waals surface area (Å²) in [6.07, 6.45) is 13.8. The third-order valence-corrected chi connectivity index (χ3v) is 9.82. The molecule has 0 atom stereocenters. The van der Waals surface area contributed by atoms with Crippen LogP contribution in [0.15, 0.2) is 0 Å². The molecule has 0 N–H and O–H groups in total. The molecule has 0 radical (unpaired) electrons. The van der Waals surface area contributed by atoms with Gasteiger partial charge in [-0.25, -0.2) is 0 Å². The highest BCUT2D eigenvalue weighted by atomic mass is 16.2. The summed E-state index contributed by atoms with van der Waals surface area (Å²) in [5.41, 5.74) is 0.254. The summed E-state index contributed by atoms with van der Waals surface area (Å²) < 4.78 is 0. The first kappa shape index (κ1) is 26.0. The van der Waals surface area contributed by atoms with E-state index in [4.69, 9.17) is 0 Å². The number of piperazine rings is 1. The van der Waals surface area contributed by atoms with Gasteiger partial charge in [0.2, 0.25) is 11.8 Å². The van der Waals surface area contributed by atoms with Gasteiger partial charge in [0.15, 0.2) is 0 Å². The number of hydrogen-bond acceptors (Lipinski definition) is 3. The lowest BCUT2D eigenvalue weighted by Crippen LogP contribution is -2.51. The average molecular weight is 474 g/mol. The summed E-state index contributed by atoms with van der Waals surface area (Å²) in [7, 11) is 0. The lowest BCUT2D eigenvalue weighted by molar-refractivity contribution is -0.142. The Morgan fingerprint density at radius 3 is 1.91 bits per heavy atom. The van der Waals surface area contributed by atoms with Crippen LogP contribution in [0.5, 0.6) is 0 Å². The Labute approximate surface area is 209 Å². The number of carbonyl (C=O) groups is 2. The minimum absolute atomic E-state index is 0.254. The highest BCUT2D eigenvalue weighted by Gasteiger charge is 2.40. The summed E-state index contributed by atoms with van der Waals surface area (Å²) in [5.74, 6) is 2.74. The van der Waals surface area contributed by atoms with Gasteiger partial charge in [0.25, 0.3) is 0 Å². The summed E-state index contributed by atoms with van der Waals surface area (Å²) in [6, 6.07) is 0. The van der Waals surface area contributed by atoms with E-state index in [9.17, 15) is 9.59 Å². The Morgan fingerprint density at radius 2 is 1.35 bits per heavy atom. The highest BCUT2D eigenvalue weighted by molar-refractivity contribution is 5.81. The normalized spacial score (nSPS) is 29.4. The molecule has 2 amide bonds. The minimum Gasteiger partial charge on any atom is -0.342 e. The summed E-state index contributed by atoms with van der Waals surface area (Å²) in [4.78, 5) is 32.4. The molecule has 0 aromatic carbocycles. The van der Waals surface area contributed by atoms with Crippen molar-refractivity contribution >= 4 is 11.8 Å². The zero-order valence-corrected chi connectivity index (χ0v) is 22.6. The van der Waals surface area contributed by atoms with Crippen LogP contribution in [-0.2, 0) is 9.59 Å². The molecule has 4 fully saturated rings. The van der Waals surface area contributed by atoms with Crippen LogP contribution in [-0.4, -0.2) is 72.3 Å². The van der Waals surface area contributed by atoms with E-state index in [0.29, 0.717) is 23.1 Å². The van der Waals surface area contributed by atoms with E-state index in [-0.39, 0.29) is 5.41 Å². The van der Waals surface area contributed by atoms with Gasteiger partial charge >= 0.3 is 0 Å². The van der Waals surface area contributed by atoms with Crippen LogP contribution >= 0.6 is 0 Å². The summed E-state index contributed by atoms with van der Waals surface area (Å²) >= 11 is 0. The zero-order valence-electron chi connectivity index (χ0n) is 22.6. The number of nitrogens with zero attached hydrogens (tertiary/aromatic N) is 3. The molecule has 194 valence electrons. The van der Waals surface area contributed by atoms with Gasteiger partial charge in [0.1, 0.15) is 0 Å². The van der Waals surface area contributed by atoms with Gasteiger partial charge in [-0.3, -0.25) is 14.5 Å². The van der Waals surface area contributed by atoms with E-state index in [0.717, 1.165) is 63.9 Å². The van der Waals surface area contributed by atoms with Crippen LogP contribution in [0.2, 0.25) is 0 Å². The fourth-order valence-electron chi connectivity index (χ4n) is 7.06. The fourth-order valence-corrected chi connectivity index (χ4v) is 7.06. The first-order chi connectivity index (χ1) is 16.2. The Balaban J connectivity index is 1.12. The van der Waals surface area contributed by atoms with Gasteiger partial charge in [-0.2, -0.15) is 0 Å². The third kappa shape index (κ3) is 6.36. The summed E-state index contributed by atoms with van der Waals surface area (Å²) in [5, 5.41) is 0. The van der Waals surface area contributed by atoms with Gasteiger partial charge in [-0.15, -0.1) is 0 Å². The van der Waals surface area contributed by atoms with Crippen LogP contribution in [0.3, 0.4) is 0 Å². The molecular formula is C29H51N3O2. The van der Waals surface area contributed by atoms with E-state index in [1.807, 2.05) is 20.8 Å². The molecule has 0 aromatic rings. The molecule has 4 rings (SSSR count). The number of likely N-dealkylation sites (tertiary alicyclic amines) is 1. The quantitative estimate of drug-likeness (QED) is 0.564. The Bertz CT molecular complexity index is 681. The van der Waals surface area contributed by atoms with E-state index >= 15 is 0 Å². The average Bonchev–Trinajstić information content (AvgIpc) is 2.84. The van der Waals surface area contributed by atoms with Crippen molar-refractivity contribution in [1.82, 2.24) is 14.7 Å². The molecule has 2 aliphatic heterocycles. The van der Waals surface area contributed by atoms with E-state index < -0.39 is 0 Å². The zero-order chi connectivity index (χ0) is 24.3. The first-order valence-corrected chi connectivity index (χ1v) is 14.5. The lowest BCUT2D eigenvalue weighted by atomic mass is 9.65. The molecule has 0 aromatic heterocycles. The van der Waals surface area contributed by atoms with Gasteiger partial charge in [-0.05, 0) is 94.4 Å². The number of carbonyl (C=O) groups excluding carboxylic acids is 2. The molecule has 0 bridgehead atoms. The van der Waals surface area contributed by atoms with E-state index in [2.05, 4.69) is 21.6 Å². The van der Waals surface area contributed by atoms with Crippen molar-refractivity contribution in [3.05, 3.63) is 0 Å². The first-order valence-electron chi connectivity index (χ1n) is 14.5. The van der Waals surface area contributed by atoms with Crippen LogP contribution in [0.1, 0.15) is 98.3 Å². The maximum atomic E-state index is 12.9. The Morgan fingerprint density at radius 1 is 0.765 bits per heavy atom. The highest BCUT2D eigenvalue weighted by Crippen LogP contribution is 2.47. The monoisotopic (exact) mass is 473 g/mol. The molecule has 5 heteroatoms. The van der Waals surface area contributed by atoms with Crippen molar-refractivity contribution in [1.29, 1.82) is 0 Å². The molecule has 4 aliphatic rings. The summed E-state index contributed by atoms with van der Waals surface area (Å²) in [6.45, 7) is 15.6. The van der Waals surface area contributed by atoms with Crippen LogP contribution in [0.25, 0.3) is 0 Å². The molecule has 0 unspecified atom stereocenters. The second-order valence-corrected chi connectivity index (χ2v) is 13.4. The van der Waals surface area contributed by atoms with Gasteiger partial charge in [0, 0.05) is 50.6 Å². The lowest BCUT2D eigenvalue weighted by Gasteiger charge is -2.47. The molecule has 2 saturated carbocycles. The topological polar surface area (TPSA) is 43.9 Å². The molecule has 5 nitrogen and oxygen atoms in total. The second-order valence-electron chi connectivity index (χ2n) is 13.4. The number of amides is 2. The van der Waals surface area contributed by atoms with Crippen molar-refractivity contribution in [2.75, 3.05) is 45.8 Å². The van der Waals surface area contributed by atoms with Gasteiger partial charge < -0.3 is 9.80 Å². The van der Waals surface area contributed by atoms with Crippen LogP contribution in [0.4, 0.5) is 0 Å². The second kappa shape index (κ2) is 10.9. The molecule has 2 saturated heterocycles. The molecule has 1 spiro atoms. The number of rotatable bonds is 4. The third-order valence-electron chi connectivity index (χ3n) is 9.82. The standard InChI is InChI=1S/C29H51N3O2/c1-23-5-7-25(8-6-23)26(33)31-21-19-30(20-22-31)16-11-24-9-12-29(13-10-24)14-17-32(18-15-29)27(34)28(2,3)4/h23-25H,5-22H2,1-4H3. The van der Waals surface area contributed by atoms with Crippen LogP contribution < -0.4 is 0 Å². The largest absolute Gasteiger partial charge is 0.342 e. The van der Waals surface area contributed by atoms with E-state index in [1.54, 1.807) is 0 Å². The van der Waals surface area contributed by atoms with Crippen molar-refractivity contribution in [2.24, 2.45) is 28.6 Å². The number of hydrogen-bond donors (Lipinski definition) is 0. The van der Waals surface area contributed by atoms with Gasteiger partial charge in [-0.1, -0.05) is 27.7 Å². The van der Waals surface area contributed by atoms with Gasteiger partial charge in [0.05, 0.1) is 0 Å². The van der Waals surface area contributed by atoms with Crippen LogP contribution in [0, 0.1) is 28.6 Å². The van der Waals surface area contributed by atoms with Crippen molar-refractivity contribution in [3.8, 4) is 0 Å². The van der Waals surface area contributed by atoms with E-state index in [1.165, 1.54) is 64.3 Å². The SMILES string of the molecule is CC1CCC(C(=O)N2CCN(CCC3CCC4(CC3)CCN(C(=O)C(C)(C)C)CC4)CC2)CC1. The maximum absolute atomic E-state index is 12.9. The van der Waals surface area contributed by atoms with Crippen molar-refractivity contribution in [3.63, 3.8) is 0 Å². The molecular weight excluding hydrogens is 422 g/mol. The molecule has 2 heterocycles. The Kier molecular flexibility index (Phi) is 8.32. The fraction of sp³-hybridized carbons (Fsp3) is 0.931. The minimum atomic E-state index is -0.254. The predicted molar refractivity (Wildman–Crippen MR) is 138 cm³/mol.